The Balaban J connectivity index is 1.28. The molecule has 148 valence electrons. The highest BCUT2D eigenvalue weighted by molar-refractivity contribution is 7.09. The molecule has 3 aromatic carbocycles. The molecule has 0 bridgehead atoms. The largest absolute Gasteiger partial charge is 0.497 e. The van der Waals surface area contributed by atoms with Gasteiger partial charge in [0.15, 0.2) is 0 Å². The van der Waals surface area contributed by atoms with Crippen LogP contribution in [0.3, 0.4) is 0 Å². The summed E-state index contributed by atoms with van der Waals surface area (Å²) in [6.07, 6.45) is 0. The van der Waals surface area contributed by atoms with Gasteiger partial charge >= 0.3 is 0 Å². The number of nitrogens with zero attached hydrogens (tertiary/aromatic N) is 1. The van der Waals surface area contributed by atoms with Crippen molar-refractivity contribution in [1.82, 2.24) is 10.3 Å². The molecule has 1 aromatic heterocycles. The van der Waals surface area contributed by atoms with E-state index in [2.05, 4.69) is 52.8 Å². The van der Waals surface area contributed by atoms with E-state index in [0.717, 1.165) is 35.3 Å². The summed E-state index contributed by atoms with van der Waals surface area (Å²) in [6, 6.07) is 20.9. The normalized spacial score (nSPS) is 11.0. The number of hydrogen-bond acceptors (Lipinski definition) is 5. The maximum Gasteiger partial charge on any atom is 0.131 e. The number of hydrogen-bond donors (Lipinski definition) is 1. The molecule has 1 N–H and O–H groups in total. The first-order chi connectivity index (χ1) is 14.2. The molecule has 5 heteroatoms. The molecule has 0 aliphatic rings. The van der Waals surface area contributed by atoms with E-state index in [0.29, 0.717) is 6.61 Å². The van der Waals surface area contributed by atoms with Crippen molar-refractivity contribution in [2.75, 3.05) is 7.11 Å². The number of methoxy groups -OCH3 is 1. The second-order valence-electron chi connectivity index (χ2n) is 6.94. The minimum absolute atomic E-state index is 0.510. The van der Waals surface area contributed by atoms with Crippen LogP contribution >= 0.6 is 11.3 Å². The zero-order chi connectivity index (χ0) is 20.1. The van der Waals surface area contributed by atoms with Crippen molar-refractivity contribution in [2.45, 2.75) is 26.6 Å². The zero-order valence-electron chi connectivity index (χ0n) is 16.6. The van der Waals surface area contributed by atoms with Crippen LogP contribution in [0.4, 0.5) is 0 Å². The summed E-state index contributed by atoms with van der Waals surface area (Å²) in [4.78, 5) is 4.42. The summed E-state index contributed by atoms with van der Waals surface area (Å²) in [5, 5.41) is 9.03. The second-order valence-corrected chi connectivity index (χ2v) is 8.00. The van der Waals surface area contributed by atoms with Gasteiger partial charge in [-0.25, -0.2) is 4.98 Å². The average Bonchev–Trinajstić information content (AvgIpc) is 3.18. The van der Waals surface area contributed by atoms with E-state index in [1.54, 1.807) is 18.4 Å². The topological polar surface area (TPSA) is 43.4 Å². The Bertz CT molecular complexity index is 1090. The van der Waals surface area contributed by atoms with Gasteiger partial charge in [0.1, 0.15) is 18.1 Å². The lowest BCUT2D eigenvalue weighted by atomic mass is 10.1. The summed E-state index contributed by atoms with van der Waals surface area (Å²) in [5.74, 6) is 1.75. The fraction of sp³-hybridized carbons (Fsp3) is 0.208. The SMILES string of the molecule is COc1ccc2cc(CNCc3ccc(OCc4csc(C)n4)cc3)ccc2c1. The first-order valence-electron chi connectivity index (χ1n) is 9.60. The summed E-state index contributed by atoms with van der Waals surface area (Å²) in [5.41, 5.74) is 3.47. The predicted molar refractivity (Wildman–Crippen MR) is 119 cm³/mol. The van der Waals surface area contributed by atoms with E-state index < -0.39 is 0 Å². The van der Waals surface area contributed by atoms with Crippen LogP contribution in [0.2, 0.25) is 0 Å². The number of ether oxygens (including phenoxy) is 2. The van der Waals surface area contributed by atoms with E-state index in [1.807, 2.05) is 30.5 Å². The molecule has 0 unspecified atom stereocenters. The van der Waals surface area contributed by atoms with Crippen LogP contribution in [-0.2, 0) is 19.7 Å². The highest BCUT2D eigenvalue weighted by atomic mass is 32.1. The van der Waals surface area contributed by atoms with Gasteiger partial charge in [-0.15, -0.1) is 11.3 Å². The van der Waals surface area contributed by atoms with E-state index in [-0.39, 0.29) is 0 Å². The third-order valence-electron chi connectivity index (χ3n) is 4.75. The maximum atomic E-state index is 5.81. The quantitative estimate of drug-likeness (QED) is 0.422. The Hall–Kier alpha value is -2.89. The second kappa shape index (κ2) is 9.07. The van der Waals surface area contributed by atoms with Gasteiger partial charge in [-0.3, -0.25) is 0 Å². The number of benzene rings is 3. The lowest BCUT2D eigenvalue weighted by Crippen LogP contribution is -2.12. The predicted octanol–water partition coefficient (Wildman–Crippen LogP) is 5.48. The van der Waals surface area contributed by atoms with Gasteiger partial charge < -0.3 is 14.8 Å². The summed E-state index contributed by atoms with van der Waals surface area (Å²) >= 11 is 1.65. The number of nitrogens with one attached hydrogen (secondary N) is 1. The number of rotatable bonds is 8. The van der Waals surface area contributed by atoms with Gasteiger partial charge in [0.05, 0.1) is 17.8 Å². The molecular formula is C24H24N2O2S. The van der Waals surface area contributed by atoms with Crippen molar-refractivity contribution in [2.24, 2.45) is 0 Å². The molecule has 0 aliphatic carbocycles. The Morgan fingerprint density at radius 2 is 1.55 bits per heavy atom. The molecular weight excluding hydrogens is 380 g/mol. The molecule has 0 atom stereocenters. The molecule has 0 fully saturated rings. The van der Waals surface area contributed by atoms with Crippen molar-refractivity contribution < 1.29 is 9.47 Å². The average molecular weight is 405 g/mol. The van der Waals surface area contributed by atoms with E-state index >= 15 is 0 Å². The first kappa shape index (κ1) is 19.4. The molecule has 4 rings (SSSR count). The van der Waals surface area contributed by atoms with Crippen molar-refractivity contribution in [3.05, 3.63) is 87.9 Å². The standard InChI is InChI=1S/C24H24N2O2S/c1-17-26-22(16-29-17)15-28-23-8-4-18(5-9-23)13-25-14-19-3-6-21-12-24(27-2)10-7-20(21)11-19/h3-12,16,25H,13-15H2,1-2H3. The van der Waals surface area contributed by atoms with Gasteiger partial charge in [-0.2, -0.15) is 0 Å². The number of thiazole rings is 1. The van der Waals surface area contributed by atoms with Crippen LogP contribution in [0.25, 0.3) is 10.8 Å². The van der Waals surface area contributed by atoms with Gasteiger partial charge in [-0.1, -0.05) is 30.3 Å². The third kappa shape index (κ3) is 5.13. The molecule has 29 heavy (non-hydrogen) atoms. The van der Waals surface area contributed by atoms with Crippen LogP contribution in [0, 0.1) is 6.92 Å². The minimum Gasteiger partial charge on any atom is -0.497 e. The van der Waals surface area contributed by atoms with E-state index in [9.17, 15) is 0 Å². The number of aryl methyl sites for hydroxylation is 1. The van der Waals surface area contributed by atoms with Crippen molar-refractivity contribution in [1.29, 1.82) is 0 Å². The molecule has 0 radical (unpaired) electrons. The monoisotopic (exact) mass is 404 g/mol. The van der Waals surface area contributed by atoms with Crippen molar-refractivity contribution in [3.8, 4) is 11.5 Å². The fourth-order valence-electron chi connectivity index (χ4n) is 3.20. The minimum atomic E-state index is 0.510. The molecule has 1 heterocycles. The zero-order valence-corrected chi connectivity index (χ0v) is 17.5. The fourth-order valence-corrected chi connectivity index (χ4v) is 3.79. The molecule has 4 nitrogen and oxygen atoms in total. The molecule has 0 aliphatic heterocycles. The summed E-state index contributed by atoms with van der Waals surface area (Å²) < 4.78 is 11.1. The van der Waals surface area contributed by atoms with Gasteiger partial charge in [-0.05, 0) is 59.2 Å². The highest BCUT2D eigenvalue weighted by Gasteiger charge is 2.02. The van der Waals surface area contributed by atoms with Crippen LogP contribution in [0.1, 0.15) is 21.8 Å². The Kier molecular flexibility index (Phi) is 6.08. The molecule has 0 saturated heterocycles. The van der Waals surface area contributed by atoms with Crippen LogP contribution in [0.15, 0.2) is 66.0 Å². The number of aromatic nitrogens is 1. The lowest BCUT2D eigenvalue weighted by molar-refractivity contribution is 0.302. The highest BCUT2D eigenvalue weighted by Crippen LogP contribution is 2.22. The van der Waals surface area contributed by atoms with Crippen molar-refractivity contribution >= 4 is 22.1 Å². The smallest absolute Gasteiger partial charge is 0.131 e. The van der Waals surface area contributed by atoms with E-state index in [4.69, 9.17) is 9.47 Å². The van der Waals surface area contributed by atoms with Crippen molar-refractivity contribution in [3.63, 3.8) is 0 Å². The molecule has 0 spiro atoms. The first-order valence-corrected chi connectivity index (χ1v) is 10.5. The maximum absolute atomic E-state index is 5.81. The van der Waals surface area contributed by atoms with Crippen LogP contribution < -0.4 is 14.8 Å². The van der Waals surface area contributed by atoms with Gasteiger partial charge in [0.2, 0.25) is 0 Å². The van der Waals surface area contributed by atoms with E-state index in [1.165, 1.54) is 21.9 Å². The molecule has 4 aromatic rings. The summed E-state index contributed by atoms with van der Waals surface area (Å²) in [7, 11) is 1.69. The lowest BCUT2D eigenvalue weighted by Gasteiger charge is -2.09. The van der Waals surface area contributed by atoms with Gasteiger partial charge in [0.25, 0.3) is 0 Å². The molecule has 0 amide bonds. The number of fused-ring (bicyclic) bond motifs is 1. The molecule has 0 saturated carbocycles. The Morgan fingerprint density at radius 3 is 2.31 bits per heavy atom. The Morgan fingerprint density at radius 1 is 0.862 bits per heavy atom. The van der Waals surface area contributed by atoms with Crippen LogP contribution in [-0.4, -0.2) is 12.1 Å². The van der Waals surface area contributed by atoms with Crippen LogP contribution in [0.5, 0.6) is 11.5 Å². The van der Waals surface area contributed by atoms with Gasteiger partial charge in [0, 0.05) is 18.5 Å². The third-order valence-corrected chi connectivity index (χ3v) is 5.57. The summed E-state index contributed by atoms with van der Waals surface area (Å²) in [6.45, 7) is 4.15. The Labute approximate surface area is 175 Å².